The average Bonchev–Trinajstić information content (AvgIpc) is 3.70. The zero-order valence-electron chi connectivity index (χ0n) is 20.9. The fourth-order valence-electron chi connectivity index (χ4n) is 5.53. The topological polar surface area (TPSA) is 87.7 Å². The molecule has 1 N–H and O–H groups in total. The molecule has 2 aromatic heterocycles. The van der Waals surface area contributed by atoms with Crippen molar-refractivity contribution in [3.8, 4) is 16.2 Å². The van der Waals surface area contributed by atoms with Gasteiger partial charge >= 0.3 is 6.09 Å². The monoisotopic (exact) mass is 551 g/mol. The van der Waals surface area contributed by atoms with Crippen LogP contribution in [0.4, 0.5) is 14.3 Å². The Morgan fingerprint density at radius 1 is 1.21 bits per heavy atom. The van der Waals surface area contributed by atoms with Crippen LogP contribution in [-0.2, 0) is 0 Å². The van der Waals surface area contributed by atoms with Gasteiger partial charge in [-0.2, -0.15) is 0 Å². The number of anilines is 1. The van der Waals surface area contributed by atoms with Crippen LogP contribution in [0.1, 0.15) is 29.8 Å². The molecule has 2 aliphatic rings. The quantitative estimate of drug-likeness (QED) is 0.345. The third-order valence-electron chi connectivity index (χ3n) is 7.24. The molecule has 2 amide bonds. The van der Waals surface area contributed by atoms with Crippen molar-refractivity contribution < 1.29 is 18.7 Å². The first-order valence-corrected chi connectivity index (χ1v) is 14.1. The Morgan fingerprint density at radius 3 is 2.87 bits per heavy atom. The molecule has 196 valence electrons. The molecule has 6 rings (SSSR count). The summed E-state index contributed by atoms with van der Waals surface area (Å²) in [7, 11) is 3.73. The van der Waals surface area contributed by atoms with Gasteiger partial charge in [0.25, 0.3) is 5.91 Å². The molecular weight excluding hydrogens is 525 g/mol. The van der Waals surface area contributed by atoms with Crippen LogP contribution in [0.3, 0.4) is 0 Å². The first kappa shape index (κ1) is 24.7. The Kier molecular flexibility index (Phi) is 6.48. The zero-order valence-corrected chi connectivity index (χ0v) is 22.5. The minimum absolute atomic E-state index is 0.0890. The standard InChI is InChI=1S/C27H26FN5O3S2/c1-32(2)26-31-22(23(38-26)16-5-3-6-17(28)11-16)25(34)33-18-10-9-15(12-18)20(33)13-29-27(35)36-21-8-4-7-19-24(21)37-14-30-19/h3-8,11,14-15,18,20H,9-10,12-13H2,1-2H3,(H,29,35)/t15-,18+,20+/m0/s1. The van der Waals surface area contributed by atoms with E-state index in [0.29, 0.717) is 32.9 Å². The highest BCUT2D eigenvalue weighted by Crippen LogP contribution is 2.44. The molecule has 0 spiro atoms. The van der Waals surface area contributed by atoms with Crippen LogP contribution in [0.15, 0.2) is 48.0 Å². The van der Waals surface area contributed by atoms with E-state index in [4.69, 9.17) is 4.74 Å². The van der Waals surface area contributed by atoms with Crippen molar-refractivity contribution in [1.82, 2.24) is 20.2 Å². The van der Waals surface area contributed by atoms with E-state index < -0.39 is 6.09 Å². The fraction of sp³-hybridized carbons (Fsp3) is 0.333. The predicted molar refractivity (Wildman–Crippen MR) is 147 cm³/mol. The van der Waals surface area contributed by atoms with Crippen LogP contribution in [-0.4, -0.2) is 59.6 Å². The maximum Gasteiger partial charge on any atom is 0.412 e. The number of ether oxygens (including phenoxy) is 1. The fourth-order valence-corrected chi connectivity index (χ4v) is 7.25. The highest BCUT2D eigenvalue weighted by molar-refractivity contribution is 7.19. The summed E-state index contributed by atoms with van der Waals surface area (Å²) in [5, 5.41) is 3.56. The van der Waals surface area contributed by atoms with E-state index in [1.54, 1.807) is 29.8 Å². The number of benzene rings is 2. The number of rotatable bonds is 6. The number of piperidine rings is 1. The van der Waals surface area contributed by atoms with Gasteiger partial charge in [0.2, 0.25) is 0 Å². The van der Waals surface area contributed by atoms with E-state index in [1.165, 1.54) is 34.8 Å². The molecule has 1 aliphatic heterocycles. The maximum atomic E-state index is 14.1. The second-order valence-corrected chi connectivity index (χ2v) is 11.6. The predicted octanol–water partition coefficient (Wildman–Crippen LogP) is 5.41. The van der Waals surface area contributed by atoms with Crippen LogP contribution in [0.25, 0.3) is 20.7 Å². The van der Waals surface area contributed by atoms with Crippen LogP contribution >= 0.6 is 22.7 Å². The smallest absolute Gasteiger partial charge is 0.409 e. The molecule has 3 atom stereocenters. The number of amides is 2. The molecule has 11 heteroatoms. The van der Waals surface area contributed by atoms with Gasteiger partial charge < -0.3 is 19.9 Å². The summed E-state index contributed by atoms with van der Waals surface area (Å²) in [4.78, 5) is 40.1. The van der Waals surface area contributed by atoms with E-state index in [1.807, 2.05) is 30.0 Å². The summed E-state index contributed by atoms with van der Waals surface area (Å²) in [5.41, 5.74) is 3.44. The van der Waals surface area contributed by atoms with E-state index in [2.05, 4.69) is 15.3 Å². The third kappa shape index (κ3) is 4.49. The molecule has 2 aromatic carbocycles. The number of hydrogen-bond donors (Lipinski definition) is 1. The minimum atomic E-state index is -0.565. The van der Waals surface area contributed by atoms with Crippen LogP contribution < -0.4 is 15.0 Å². The number of fused-ring (bicyclic) bond motifs is 3. The van der Waals surface area contributed by atoms with Gasteiger partial charge in [0, 0.05) is 26.7 Å². The molecule has 38 heavy (non-hydrogen) atoms. The number of likely N-dealkylation sites (tertiary alicyclic amines) is 1. The molecule has 2 bridgehead atoms. The summed E-state index contributed by atoms with van der Waals surface area (Å²) < 4.78 is 20.5. The average molecular weight is 552 g/mol. The normalized spacial score (nSPS) is 20.2. The second-order valence-electron chi connectivity index (χ2n) is 9.81. The third-order valence-corrected chi connectivity index (χ3v) is 9.37. The Labute approximate surface area is 227 Å². The van der Waals surface area contributed by atoms with Crippen molar-refractivity contribution >= 4 is 50.0 Å². The van der Waals surface area contributed by atoms with Gasteiger partial charge in [0.05, 0.1) is 26.6 Å². The minimum Gasteiger partial charge on any atom is -0.409 e. The lowest BCUT2D eigenvalue weighted by Crippen LogP contribution is -2.50. The van der Waals surface area contributed by atoms with Crippen molar-refractivity contribution in [2.75, 3.05) is 25.5 Å². The van der Waals surface area contributed by atoms with Gasteiger partial charge in [-0.05, 0) is 55.0 Å². The van der Waals surface area contributed by atoms with Crippen molar-refractivity contribution in [2.24, 2.45) is 5.92 Å². The van der Waals surface area contributed by atoms with Crippen LogP contribution in [0, 0.1) is 11.7 Å². The summed E-state index contributed by atoms with van der Waals surface area (Å²) in [5.74, 6) is 0.200. The van der Waals surface area contributed by atoms with Gasteiger partial charge in [-0.25, -0.2) is 19.2 Å². The summed E-state index contributed by atoms with van der Waals surface area (Å²) in [6.07, 6.45) is 2.26. The number of carbonyl (C=O) groups is 2. The molecule has 3 heterocycles. The Morgan fingerprint density at radius 2 is 2.05 bits per heavy atom. The summed E-state index contributed by atoms with van der Waals surface area (Å²) >= 11 is 2.78. The SMILES string of the molecule is CN(C)c1nc(C(=O)N2[C@@H]3CC[C@@H](C3)[C@H]2CNC(=O)Oc2cccc3ncsc23)c(-c2cccc(F)c2)s1. The molecule has 2 fully saturated rings. The number of aromatic nitrogens is 2. The van der Waals surface area contributed by atoms with E-state index in [0.717, 1.165) is 29.5 Å². The first-order chi connectivity index (χ1) is 18.4. The Bertz CT molecular complexity index is 1520. The lowest BCUT2D eigenvalue weighted by atomic mass is 9.98. The van der Waals surface area contributed by atoms with E-state index in [-0.39, 0.29) is 30.4 Å². The van der Waals surface area contributed by atoms with Crippen molar-refractivity contribution in [3.63, 3.8) is 0 Å². The second kappa shape index (κ2) is 9.95. The van der Waals surface area contributed by atoms with Gasteiger partial charge in [0.15, 0.2) is 10.9 Å². The Balaban J connectivity index is 1.23. The summed E-state index contributed by atoms with van der Waals surface area (Å²) in [6.45, 7) is 0.282. The van der Waals surface area contributed by atoms with Crippen molar-refractivity contribution in [1.29, 1.82) is 0 Å². The lowest BCUT2D eigenvalue weighted by molar-refractivity contribution is 0.0586. The van der Waals surface area contributed by atoms with E-state index in [9.17, 15) is 14.0 Å². The van der Waals surface area contributed by atoms with Gasteiger partial charge in [-0.1, -0.05) is 29.5 Å². The van der Waals surface area contributed by atoms with Gasteiger partial charge in [0.1, 0.15) is 11.5 Å². The van der Waals surface area contributed by atoms with Crippen molar-refractivity contribution in [3.05, 3.63) is 59.5 Å². The summed E-state index contributed by atoms with van der Waals surface area (Å²) in [6, 6.07) is 11.6. The van der Waals surface area contributed by atoms with Gasteiger partial charge in [-0.3, -0.25) is 4.79 Å². The number of halogens is 1. The van der Waals surface area contributed by atoms with Crippen molar-refractivity contribution in [2.45, 2.75) is 31.3 Å². The molecule has 1 saturated carbocycles. The number of carbonyl (C=O) groups excluding carboxylic acids is 2. The molecule has 0 radical (unpaired) electrons. The molecule has 1 saturated heterocycles. The van der Waals surface area contributed by atoms with E-state index >= 15 is 0 Å². The van der Waals surface area contributed by atoms with Crippen LogP contribution in [0.5, 0.6) is 5.75 Å². The lowest BCUT2D eigenvalue weighted by Gasteiger charge is -2.35. The maximum absolute atomic E-state index is 14.1. The largest absolute Gasteiger partial charge is 0.412 e. The molecule has 8 nitrogen and oxygen atoms in total. The number of thiazole rings is 2. The van der Waals surface area contributed by atoms with Crippen LogP contribution in [0.2, 0.25) is 0 Å². The first-order valence-electron chi connectivity index (χ1n) is 12.4. The molecule has 1 aliphatic carbocycles. The molecule has 4 aromatic rings. The number of nitrogens with one attached hydrogen (secondary N) is 1. The number of nitrogens with zero attached hydrogens (tertiary/aromatic N) is 4. The Hall–Kier alpha value is -3.57. The molecule has 0 unspecified atom stereocenters. The van der Waals surface area contributed by atoms with Gasteiger partial charge in [-0.15, -0.1) is 11.3 Å². The molecular formula is C27H26FN5O3S2. The number of hydrogen-bond acceptors (Lipinski definition) is 8. The zero-order chi connectivity index (χ0) is 26.4. The highest BCUT2D eigenvalue weighted by atomic mass is 32.1. The highest BCUT2D eigenvalue weighted by Gasteiger charge is 2.49.